The van der Waals surface area contributed by atoms with Crippen molar-refractivity contribution in [2.75, 3.05) is 31.1 Å². The van der Waals surface area contributed by atoms with E-state index in [9.17, 15) is 14.9 Å². The van der Waals surface area contributed by atoms with Gasteiger partial charge in [-0.1, -0.05) is 24.0 Å². The van der Waals surface area contributed by atoms with Crippen LogP contribution >= 0.6 is 24.0 Å². The molecule has 4 rings (SSSR count). The first-order chi connectivity index (χ1) is 14.4. The van der Waals surface area contributed by atoms with Gasteiger partial charge in [0.1, 0.15) is 21.8 Å². The van der Waals surface area contributed by atoms with Crippen molar-refractivity contribution in [2.45, 2.75) is 38.7 Å². The van der Waals surface area contributed by atoms with Crippen LogP contribution in [0.2, 0.25) is 0 Å². The number of aromatic nitrogens is 1. The van der Waals surface area contributed by atoms with Crippen LogP contribution in [-0.2, 0) is 16.6 Å². The van der Waals surface area contributed by atoms with Crippen molar-refractivity contribution in [3.8, 4) is 6.07 Å². The lowest BCUT2D eigenvalue weighted by atomic mass is 10.0. The number of rotatable bonds is 4. The van der Waals surface area contributed by atoms with Gasteiger partial charge in [-0.2, -0.15) is 5.26 Å². The molecule has 0 saturated carbocycles. The zero-order chi connectivity index (χ0) is 21.4. The molecule has 3 aliphatic rings. The topological polar surface area (TPSA) is 78.6 Å². The molecule has 3 fully saturated rings. The number of thioether (sulfide) groups is 1. The van der Waals surface area contributed by atoms with Crippen LogP contribution in [-0.4, -0.2) is 52.0 Å². The number of carbonyl (C=O) groups is 1. The zero-order valence-corrected chi connectivity index (χ0v) is 18.8. The molecule has 9 heteroatoms. The number of ether oxygens (including phenoxy) is 1. The maximum atomic E-state index is 13.1. The monoisotopic (exact) mass is 444 g/mol. The van der Waals surface area contributed by atoms with E-state index in [1.54, 1.807) is 24.9 Å². The third kappa shape index (κ3) is 3.68. The van der Waals surface area contributed by atoms with E-state index in [0.717, 1.165) is 56.8 Å². The molecule has 0 bridgehead atoms. The summed E-state index contributed by atoms with van der Waals surface area (Å²) >= 11 is 6.74. The summed E-state index contributed by atoms with van der Waals surface area (Å²) in [6.07, 6.45) is 5.87. The summed E-state index contributed by atoms with van der Waals surface area (Å²) in [5.74, 6) is 0.623. The summed E-state index contributed by atoms with van der Waals surface area (Å²) in [5.41, 5.74) is 1.15. The maximum absolute atomic E-state index is 13.1. The molecule has 1 amide bonds. The highest BCUT2D eigenvalue weighted by Crippen LogP contribution is 2.36. The van der Waals surface area contributed by atoms with Gasteiger partial charge in [-0.3, -0.25) is 19.1 Å². The van der Waals surface area contributed by atoms with E-state index in [-0.39, 0.29) is 23.1 Å². The van der Waals surface area contributed by atoms with Crippen LogP contribution in [0.25, 0.3) is 6.08 Å². The van der Waals surface area contributed by atoms with Crippen LogP contribution in [0, 0.1) is 18.3 Å². The maximum Gasteiger partial charge on any atom is 0.270 e. The summed E-state index contributed by atoms with van der Waals surface area (Å²) in [5, 5.41) is 9.55. The first-order valence-electron chi connectivity index (χ1n) is 10.2. The lowest BCUT2D eigenvalue weighted by Gasteiger charge is -2.25. The summed E-state index contributed by atoms with van der Waals surface area (Å²) in [6.45, 7) is 4.66. The smallest absolute Gasteiger partial charge is 0.270 e. The average molecular weight is 445 g/mol. The third-order valence-corrected chi connectivity index (χ3v) is 7.31. The van der Waals surface area contributed by atoms with Crippen molar-refractivity contribution in [1.82, 2.24) is 9.47 Å². The fourth-order valence-corrected chi connectivity index (χ4v) is 5.56. The minimum atomic E-state index is -0.306. The molecule has 30 heavy (non-hydrogen) atoms. The van der Waals surface area contributed by atoms with E-state index >= 15 is 0 Å². The Balaban J connectivity index is 1.76. The number of hydrogen-bond acceptors (Lipinski definition) is 7. The van der Waals surface area contributed by atoms with Gasteiger partial charge in [-0.15, -0.1) is 0 Å². The van der Waals surface area contributed by atoms with Crippen LogP contribution in [0.1, 0.15) is 42.4 Å². The zero-order valence-electron chi connectivity index (χ0n) is 17.1. The van der Waals surface area contributed by atoms with Crippen LogP contribution in [0.15, 0.2) is 9.70 Å². The molecule has 0 spiro atoms. The number of hydrogen-bond donors (Lipinski definition) is 0. The Bertz CT molecular complexity index is 1030. The molecule has 0 radical (unpaired) electrons. The van der Waals surface area contributed by atoms with Gasteiger partial charge < -0.3 is 9.64 Å². The molecule has 7 nitrogen and oxygen atoms in total. The van der Waals surface area contributed by atoms with Gasteiger partial charge in [-0.25, -0.2) is 0 Å². The number of nitrogens with zero attached hydrogens (tertiary/aromatic N) is 4. The highest BCUT2D eigenvalue weighted by atomic mass is 32.2. The highest BCUT2D eigenvalue weighted by molar-refractivity contribution is 8.26. The van der Waals surface area contributed by atoms with Gasteiger partial charge in [0.25, 0.3) is 11.5 Å². The molecule has 0 aromatic carbocycles. The van der Waals surface area contributed by atoms with Gasteiger partial charge in [-0.05, 0) is 44.2 Å². The molecule has 158 valence electrons. The minimum Gasteiger partial charge on any atom is -0.376 e. The normalized spacial score (nSPS) is 23.1. The van der Waals surface area contributed by atoms with Crippen LogP contribution in [0.3, 0.4) is 0 Å². The Hall–Kier alpha value is -2.15. The Morgan fingerprint density at radius 1 is 1.30 bits per heavy atom. The largest absolute Gasteiger partial charge is 0.376 e. The van der Waals surface area contributed by atoms with E-state index in [4.69, 9.17) is 17.0 Å². The van der Waals surface area contributed by atoms with E-state index in [2.05, 4.69) is 4.90 Å². The van der Waals surface area contributed by atoms with E-state index < -0.39 is 0 Å². The molecule has 0 aliphatic carbocycles. The molecular weight excluding hydrogens is 420 g/mol. The SMILES string of the molecule is Cc1c(/C=C2\SC(=S)N(CC3CCCO3)C2=O)c(N2CCCC2)n(C)c(=O)c1C#N. The first-order valence-corrected chi connectivity index (χ1v) is 11.4. The second kappa shape index (κ2) is 8.53. The Morgan fingerprint density at radius 3 is 2.67 bits per heavy atom. The van der Waals surface area contributed by atoms with E-state index in [1.165, 1.54) is 16.3 Å². The molecule has 3 saturated heterocycles. The average Bonchev–Trinajstić information content (AvgIpc) is 3.47. The molecule has 1 aromatic heterocycles. The lowest BCUT2D eigenvalue weighted by Crippen LogP contribution is -2.35. The molecule has 1 unspecified atom stereocenters. The minimum absolute atomic E-state index is 0.0245. The fourth-order valence-electron chi connectivity index (χ4n) is 4.30. The quantitative estimate of drug-likeness (QED) is 0.522. The number of anilines is 1. The van der Waals surface area contributed by atoms with Crippen LogP contribution < -0.4 is 10.5 Å². The molecule has 1 atom stereocenters. The van der Waals surface area contributed by atoms with Gasteiger partial charge in [0.2, 0.25) is 0 Å². The van der Waals surface area contributed by atoms with E-state index in [0.29, 0.717) is 21.3 Å². The number of thiocarbonyl (C=S) groups is 1. The van der Waals surface area contributed by atoms with Gasteiger partial charge in [0, 0.05) is 32.3 Å². The Morgan fingerprint density at radius 2 is 2.03 bits per heavy atom. The van der Waals surface area contributed by atoms with Crippen LogP contribution in [0.5, 0.6) is 0 Å². The van der Waals surface area contributed by atoms with Crippen molar-refractivity contribution < 1.29 is 9.53 Å². The summed E-state index contributed by atoms with van der Waals surface area (Å²) in [7, 11) is 1.69. The molecule has 1 aromatic rings. The number of carbonyl (C=O) groups excluding carboxylic acids is 1. The fraction of sp³-hybridized carbons (Fsp3) is 0.524. The number of pyridine rings is 1. The summed E-state index contributed by atoms with van der Waals surface area (Å²) in [4.78, 5) is 30.1. The predicted molar refractivity (Wildman–Crippen MR) is 121 cm³/mol. The van der Waals surface area contributed by atoms with Crippen molar-refractivity contribution in [2.24, 2.45) is 7.05 Å². The molecule has 0 N–H and O–H groups in total. The van der Waals surface area contributed by atoms with Gasteiger partial charge in [0.15, 0.2) is 0 Å². The second-order valence-electron chi connectivity index (χ2n) is 7.83. The second-order valence-corrected chi connectivity index (χ2v) is 9.51. The highest BCUT2D eigenvalue weighted by Gasteiger charge is 2.35. The Labute approximate surface area is 185 Å². The van der Waals surface area contributed by atoms with Crippen LogP contribution in [0.4, 0.5) is 5.82 Å². The van der Waals surface area contributed by atoms with Crippen molar-refractivity contribution in [3.05, 3.63) is 31.9 Å². The van der Waals surface area contributed by atoms with Crippen molar-refractivity contribution in [3.63, 3.8) is 0 Å². The van der Waals surface area contributed by atoms with E-state index in [1.807, 2.05) is 6.07 Å². The number of nitriles is 1. The number of amides is 1. The molecule has 4 heterocycles. The van der Waals surface area contributed by atoms with Gasteiger partial charge in [0.05, 0.1) is 17.6 Å². The lowest BCUT2D eigenvalue weighted by molar-refractivity contribution is -0.123. The van der Waals surface area contributed by atoms with Crippen molar-refractivity contribution >= 4 is 46.1 Å². The summed E-state index contributed by atoms with van der Waals surface area (Å²) < 4.78 is 7.73. The molecular formula is C21H24N4O3S2. The first kappa shape index (κ1) is 21.1. The summed E-state index contributed by atoms with van der Waals surface area (Å²) in [6, 6.07) is 2.04. The standard InChI is InChI=1S/C21H24N4O3S2/c1-13-15(18(24-7-3-4-8-24)23(2)19(26)16(13)11-22)10-17-20(27)25(21(29)30-17)12-14-6-5-9-28-14/h10,14H,3-9,12H2,1-2H3/b17-10-. The molecule has 3 aliphatic heterocycles. The predicted octanol–water partition coefficient (Wildman–Crippen LogP) is 2.55. The van der Waals surface area contributed by atoms with Crippen molar-refractivity contribution in [1.29, 1.82) is 5.26 Å². The third-order valence-electron chi connectivity index (χ3n) is 5.93. The van der Waals surface area contributed by atoms with Gasteiger partial charge >= 0.3 is 0 Å². The Kier molecular flexibility index (Phi) is 6.00.